The van der Waals surface area contributed by atoms with Crippen molar-refractivity contribution in [2.75, 3.05) is 11.4 Å². The second-order valence-electron chi connectivity index (χ2n) is 4.90. The molecule has 3 heteroatoms. The number of carbonyl (C=O) groups excluding carboxylic acids is 1. The molecule has 94 valence electrons. The maximum Gasteiger partial charge on any atom is 0.165 e. The second kappa shape index (κ2) is 4.14. The molecule has 0 aromatic heterocycles. The topological polar surface area (TPSA) is 20.3 Å². The zero-order chi connectivity index (χ0) is 12.8. The maximum atomic E-state index is 12.2. The highest BCUT2D eigenvalue weighted by atomic mass is 32.2. The van der Waals surface area contributed by atoms with E-state index in [4.69, 9.17) is 0 Å². The number of fused-ring (bicyclic) bond motifs is 2. The minimum Gasteiger partial charge on any atom is -0.339 e. The van der Waals surface area contributed by atoms with Crippen LogP contribution in [0.4, 0.5) is 11.4 Å². The van der Waals surface area contributed by atoms with Gasteiger partial charge in [-0.05, 0) is 30.7 Å². The molecule has 2 aromatic rings. The third-order valence-electron chi connectivity index (χ3n) is 3.73. The van der Waals surface area contributed by atoms with Crippen LogP contribution >= 0.6 is 11.8 Å². The fourth-order valence-corrected chi connectivity index (χ4v) is 4.01. The number of carbonyl (C=O) groups is 1. The van der Waals surface area contributed by atoms with E-state index in [0.29, 0.717) is 6.42 Å². The molecule has 0 radical (unpaired) electrons. The molecule has 0 aliphatic carbocycles. The van der Waals surface area contributed by atoms with Crippen LogP contribution in [0, 0.1) is 0 Å². The maximum absolute atomic E-state index is 12.2. The molecule has 0 amide bonds. The molecule has 2 aromatic carbocycles. The van der Waals surface area contributed by atoms with Gasteiger partial charge in [0.15, 0.2) is 5.78 Å². The summed E-state index contributed by atoms with van der Waals surface area (Å²) in [5.41, 5.74) is 3.24. The lowest BCUT2D eigenvalue weighted by molar-refractivity contribution is 0.0983. The molecule has 0 N–H and O–H groups in total. The number of hydrogen-bond acceptors (Lipinski definition) is 3. The van der Waals surface area contributed by atoms with Crippen LogP contribution in [-0.4, -0.2) is 12.3 Å². The lowest BCUT2D eigenvalue weighted by Gasteiger charge is -2.32. The fourth-order valence-electron chi connectivity index (χ4n) is 2.88. The number of Topliss-reactive ketones (excluding diaryl/α,β-unsaturated/α-hetero) is 1. The summed E-state index contributed by atoms with van der Waals surface area (Å²) in [6.45, 7) is 0.924. The Morgan fingerprint density at radius 1 is 1.00 bits per heavy atom. The first kappa shape index (κ1) is 11.1. The van der Waals surface area contributed by atoms with Gasteiger partial charge in [-0.15, -0.1) is 0 Å². The van der Waals surface area contributed by atoms with Crippen molar-refractivity contribution in [1.29, 1.82) is 0 Å². The zero-order valence-electron chi connectivity index (χ0n) is 10.4. The van der Waals surface area contributed by atoms with Crippen molar-refractivity contribution in [2.45, 2.75) is 22.6 Å². The fraction of sp³-hybridized carbons (Fsp3) is 0.188. The molecule has 0 spiro atoms. The molecule has 0 fully saturated rings. The highest BCUT2D eigenvalue weighted by Crippen LogP contribution is 2.50. The summed E-state index contributed by atoms with van der Waals surface area (Å²) in [4.78, 5) is 17.0. The molecule has 2 nitrogen and oxygen atoms in total. The quantitative estimate of drug-likeness (QED) is 0.711. The number of para-hydroxylation sites is 2. The largest absolute Gasteiger partial charge is 0.339 e. The van der Waals surface area contributed by atoms with Gasteiger partial charge in [-0.2, -0.15) is 0 Å². The van der Waals surface area contributed by atoms with Gasteiger partial charge >= 0.3 is 0 Å². The van der Waals surface area contributed by atoms with E-state index in [0.717, 1.165) is 24.2 Å². The third-order valence-corrected chi connectivity index (χ3v) is 4.85. The number of benzene rings is 2. The highest BCUT2D eigenvalue weighted by Gasteiger charge is 2.29. The second-order valence-corrected chi connectivity index (χ2v) is 5.98. The van der Waals surface area contributed by atoms with Crippen LogP contribution in [0.1, 0.15) is 23.2 Å². The highest BCUT2D eigenvalue weighted by molar-refractivity contribution is 7.99. The third kappa shape index (κ3) is 1.61. The summed E-state index contributed by atoms with van der Waals surface area (Å²) in [7, 11) is 0. The monoisotopic (exact) mass is 267 g/mol. The van der Waals surface area contributed by atoms with E-state index >= 15 is 0 Å². The van der Waals surface area contributed by atoms with E-state index in [-0.39, 0.29) is 5.78 Å². The molecule has 4 rings (SSSR count). The van der Waals surface area contributed by atoms with E-state index in [1.807, 2.05) is 12.1 Å². The summed E-state index contributed by atoms with van der Waals surface area (Å²) in [6.07, 6.45) is 1.58. The first-order valence-electron chi connectivity index (χ1n) is 6.55. The van der Waals surface area contributed by atoms with Crippen LogP contribution in [0.3, 0.4) is 0 Å². The molecule has 0 unspecified atom stereocenters. The first-order valence-corrected chi connectivity index (χ1v) is 7.37. The van der Waals surface area contributed by atoms with Crippen LogP contribution in [-0.2, 0) is 0 Å². The normalized spacial score (nSPS) is 16.6. The predicted molar refractivity (Wildman–Crippen MR) is 77.6 cm³/mol. The Balaban J connectivity index is 2.00. The Morgan fingerprint density at radius 2 is 1.84 bits per heavy atom. The smallest absolute Gasteiger partial charge is 0.165 e. The van der Waals surface area contributed by atoms with E-state index in [2.05, 4.69) is 35.2 Å². The standard InChI is InChI=1S/C16H13NOS/c18-13-7-4-10-17-12-6-1-2-8-14(12)19-15-9-3-5-11(13)16(15)17/h1-3,5-6,8-9H,4,7,10H2. The molecule has 0 bridgehead atoms. The van der Waals surface area contributed by atoms with E-state index in [1.165, 1.54) is 15.5 Å². The predicted octanol–water partition coefficient (Wildman–Crippen LogP) is 4.27. The molecule has 2 heterocycles. The van der Waals surface area contributed by atoms with Gasteiger partial charge in [-0.1, -0.05) is 30.0 Å². The summed E-state index contributed by atoms with van der Waals surface area (Å²) < 4.78 is 0. The van der Waals surface area contributed by atoms with Gasteiger partial charge in [0.05, 0.1) is 11.4 Å². The SMILES string of the molecule is O=C1CCCN2c3ccccc3Sc3cccc1c32. The summed E-state index contributed by atoms with van der Waals surface area (Å²) >= 11 is 1.77. The van der Waals surface area contributed by atoms with E-state index in [1.54, 1.807) is 11.8 Å². The van der Waals surface area contributed by atoms with E-state index in [9.17, 15) is 4.79 Å². The average molecular weight is 267 g/mol. The minimum absolute atomic E-state index is 0.277. The van der Waals surface area contributed by atoms with E-state index < -0.39 is 0 Å². The van der Waals surface area contributed by atoms with Crippen molar-refractivity contribution in [3.8, 4) is 0 Å². The van der Waals surface area contributed by atoms with Gasteiger partial charge in [0.2, 0.25) is 0 Å². The summed E-state index contributed by atoms with van der Waals surface area (Å²) in [5.74, 6) is 0.277. The number of rotatable bonds is 0. The Bertz CT molecular complexity index is 680. The first-order chi connectivity index (χ1) is 9.34. The summed E-state index contributed by atoms with van der Waals surface area (Å²) in [6, 6.07) is 14.5. The zero-order valence-corrected chi connectivity index (χ0v) is 11.2. The Labute approximate surface area is 116 Å². The van der Waals surface area contributed by atoms with Gasteiger partial charge in [0, 0.05) is 28.3 Å². The van der Waals surface area contributed by atoms with Crippen molar-refractivity contribution in [3.63, 3.8) is 0 Å². The van der Waals surface area contributed by atoms with Crippen LogP contribution < -0.4 is 4.90 Å². The van der Waals surface area contributed by atoms with Crippen molar-refractivity contribution >= 4 is 28.9 Å². The minimum atomic E-state index is 0.277. The number of ketones is 1. The van der Waals surface area contributed by atoms with Crippen molar-refractivity contribution in [2.24, 2.45) is 0 Å². The molecular weight excluding hydrogens is 254 g/mol. The van der Waals surface area contributed by atoms with Crippen LogP contribution in [0.5, 0.6) is 0 Å². The van der Waals surface area contributed by atoms with Gasteiger partial charge in [0.25, 0.3) is 0 Å². The molecular formula is C16H13NOS. The van der Waals surface area contributed by atoms with Crippen molar-refractivity contribution in [1.82, 2.24) is 0 Å². The molecule has 0 atom stereocenters. The van der Waals surface area contributed by atoms with Crippen LogP contribution in [0.2, 0.25) is 0 Å². The molecule has 19 heavy (non-hydrogen) atoms. The number of anilines is 2. The lowest BCUT2D eigenvalue weighted by atomic mass is 10.1. The van der Waals surface area contributed by atoms with Crippen LogP contribution in [0.25, 0.3) is 0 Å². The van der Waals surface area contributed by atoms with Gasteiger partial charge in [-0.3, -0.25) is 4.79 Å². The summed E-state index contributed by atoms with van der Waals surface area (Å²) in [5, 5.41) is 0. The average Bonchev–Trinajstić information content (AvgIpc) is 2.61. The van der Waals surface area contributed by atoms with Crippen molar-refractivity contribution < 1.29 is 4.79 Å². The van der Waals surface area contributed by atoms with Crippen molar-refractivity contribution in [3.05, 3.63) is 48.0 Å². The van der Waals surface area contributed by atoms with Gasteiger partial charge in [-0.25, -0.2) is 0 Å². The molecule has 0 saturated carbocycles. The Morgan fingerprint density at radius 3 is 2.79 bits per heavy atom. The van der Waals surface area contributed by atoms with Crippen LogP contribution in [0.15, 0.2) is 52.3 Å². The number of nitrogens with zero attached hydrogens (tertiary/aromatic N) is 1. The van der Waals surface area contributed by atoms with Gasteiger partial charge < -0.3 is 4.90 Å². The number of hydrogen-bond donors (Lipinski definition) is 0. The molecule has 0 saturated heterocycles. The molecule has 2 aliphatic rings. The Kier molecular flexibility index (Phi) is 2.42. The molecule has 2 aliphatic heterocycles. The lowest BCUT2D eigenvalue weighted by Crippen LogP contribution is -2.21. The van der Waals surface area contributed by atoms with Gasteiger partial charge in [0.1, 0.15) is 0 Å². The Hall–Kier alpha value is -1.74.